The van der Waals surface area contributed by atoms with Gasteiger partial charge in [-0.05, 0) is 0 Å². The van der Waals surface area contributed by atoms with E-state index in [1.54, 1.807) is 11.9 Å². The van der Waals surface area contributed by atoms with Crippen molar-refractivity contribution in [1.82, 2.24) is 40.8 Å². The van der Waals surface area contributed by atoms with E-state index in [2.05, 4.69) is 36.2 Å². The van der Waals surface area contributed by atoms with Crippen LogP contribution in [-0.2, 0) is 24.9 Å². The second-order valence-corrected chi connectivity index (χ2v) is 12.6. The predicted molar refractivity (Wildman–Crippen MR) is 153 cm³/mol. The Balaban J connectivity index is 1.27. The zero-order chi connectivity index (χ0) is 32.5. The number of imidazole rings is 1. The fraction of sp³-hybridized carbons (Fsp3) is 0.286. The molecule has 25 heteroatoms. The summed E-state index contributed by atoms with van der Waals surface area (Å²) in [6.07, 6.45) is -0.895. The predicted octanol–water partition coefficient (Wildman–Crippen LogP) is -2.44. The van der Waals surface area contributed by atoms with Crippen molar-refractivity contribution in [2.75, 3.05) is 31.0 Å². The van der Waals surface area contributed by atoms with Crippen LogP contribution in [0.4, 0.5) is 11.8 Å². The fourth-order valence-corrected chi connectivity index (χ4v) is 6.44. The number of aromatic amines is 1. The first-order valence-corrected chi connectivity index (χ1v) is 16.1. The van der Waals surface area contributed by atoms with Gasteiger partial charge in [-0.3, -0.25) is 24.1 Å². The molecule has 46 heavy (non-hydrogen) atoms. The van der Waals surface area contributed by atoms with Gasteiger partial charge in [-0.15, -0.1) is 4.52 Å². The molecule has 3 aromatic rings. The highest BCUT2D eigenvalue weighted by Gasteiger charge is 2.53. The van der Waals surface area contributed by atoms with Crippen molar-refractivity contribution in [3.8, 4) is 11.5 Å². The van der Waals surface area contributed by atoms with Crippen LogP contribution in [0.2, 0.25) is 0 Å². The lowest BCUT2D eigenvalue weighted by Gasteiger charge is -2.29. The van der Waals surface area contributed by atoms with Gasteiger partial charge in [0, 0.05) is 7.05 Å². The molecule has 4 aliphatic heterocycles. The molecular weight excluding hydrogens is 662 g/mol. The van der Waals surface area contributed by atoms with Crippen LogP contribution in [0.3, 0.4) is 0 Å². The highest BCUT2D eigenvalue weighted by atomic mass is 31.2. The third-order valence-corrected chi connectivity index (χ3v) is 8.64. The van der Waals surface area contributed by atoms with Gasteiger partial charge in [-0.2, -0.15) is 24.6 Å². The summed E-state index contributed by atoms with van der Waals surface area (Å²) in [7, 11) is -8.17. The lowest BCUT2D eigenvalue weighted by Crippen LogP contribution is -2.52. The van der Waals surface area contributed by atoms with Crippen molar-refractivity contribution < 1.29 is 57.0 Å². The van der Waals surface area contributed by atoms with Gasteiger partial charge in [0.1, 0.15) is 18.3 Å². The van der Waals surface area contributed by atoms with E-state index >= 15 is 0 Å². The summed E-state index contributed by atoms with van der Waals surface area (Å²) in [6.45, 7) is -0.423. The van der Waals surface area contributed by atoms with Crippen LogP contribution in [-0.4, -0.2) is 82.0 Å². The summed E-state index contributed by atoms with van der Waals surface area (Å²) in [5.74, 6) is -3.36. The first kappa shape index (κ1) is 30.1. The summed E-state index contributed by atoms with van der Waals surface area (Å²) in [5.41, 5.74) is 5.25. The number of aromatic hydroxyl groups is 1. The van der Waals surface area contributed by atoms with Crippen LogP contribution in [0.1, 0.15) is 5.76 Å². The zero-order valence-electron chi connectivity index (χ0n) is 23.2. The average Bonchev–Trinajstić information content (AvgIpc) is 3.76. The molecule has 2 atom stereocenters. The normalized spacial score (nSPS) is 24.8. The maximum atomic E-state index is 12.3. The van der Waals surface area contributed by atoms with Gasteiger partial charge in [0.05, 0.1) is 19.0 Å². The Bertz CT molecular complexity index is 1880. The maximum Gasteiger partial charge on any atom is 0.663 e. The summed E-state index contributed by atoms with van der Waals surface area (Å²) >= 11 is 0. The molecule has 0 saturated carbocycles. The third kappa shape index (κ3) is 5.05. The molecule has 1 fully saturated rings. The number of hydrogen-bond donors (Lipinski definition) is 12. The van der Waals surface area contributed by atoms with Crippen molar-refractivity contribution in [3.63, 3.8) is 0 Å². The van der Waals surface area contributed by atoms with Crippen LogP contribution < -0.4 is 42.0 Å². The number of nitrogens with one attached hydrogen (secondary N) is 5. The number of rotatable bonds is 3. The van der Waals surface area contributed by atoms with Gasteiger partial charge in [0.25, 0.3) is 23.0 Å². The molecule has 1 unspecified atom stereocenters. The number of fused-ring (bicyclic) bond motifs is 5. The van der Waals surface area contributed by atoms with E-state index in [0.717, 1.165) is 10.9 Å². The smallest absolute Gasteiger partial charge is 0.500 e. The Morgan fingerprint density at radius 1 is 1.17 bits per heavy atom. The van der Waals surface area contributed by atoms with Crippen LogP contribution in [0.5, 0.6) is 11.5 Å². The summed E-state index contributed by atoms with van der Waals surface area (Å²) in [5, 5.41) is 34.5. The molecule has 7 heterocycles. The van der Waals surface area contributed by atoms with Gasteiger partial charge >= 0.3 is 16.3 Å². The Kier molecular flexibility index (Phi) is 7.04. The second-order valence-electron chi connectivity index (χ2n) is 9.79. The molecule has 0 aliphatic carbocycles. The number of nitrogens with zero attached hydrogens (tertiary/aromatic N) is 4. The van der Waals surface area contributed by atoms with E-state index in [0.29, 0.717) is 24.4 Å². The average molecular weight is 688 g/mol. The number of nitrogens with two attached hydrogens (primary N) is 1. The quantitative estimate of drug-likeness (QED) is 0.127. The van der Waals surface area contributed by atoms with E-state index in [1.165, 1.54) is 0 Å². The number of nitrogen functional groups attached to an aromatic ring is 1. The van der Waals surface area contributed by atoms with Crippen molar-refractivity contribution in [2.45, 2.75) is 18.9 Å². The molecule has 1 saturated heterocycles. The molecule has 4 aliphatic rings. The summed E-state index contributed by atoms with van der Waals surface area (Å²) in [4.78, 5) is 66.9. The molecule has 2 bridgehead atoms. The third-order valence-electron chi connectivity index (χ3n) is 6.94. The van der Waals surface area contributed by atoms with Gasteiger partial charge in [0.15, 0.2) is 41.7 Å². The minimum atomic E-state index is -4.95. The first-order chi connectivity index (χ1) is 21.9. The Morgan fingerprint density at radius 3 is 2.76 bits per heavy atom. The van der Waals surface area contributed by atoms with E-state index in [1.807, 2.05) is 0 Å². The number of aromatic nitrogens is 4. The van der Waals surface area contributed by atoms with Crippen LogP contribution in [0.25, 0.3) is 17.0 Å². The van der Waals surface area contributed by atoms with Gasteiger partial charge in [-0.25, -0.2) is 14.1 Å². The number of ether oxygens (including phenoxy) is 1. The van der Waals surface area contributed by atoms with E-state index in [-0.39, 0.29) is 29.7 Å². The van der Waals surface area contributed by atoms with E-state index in [9.17, 15) is 34.6 Å². The Morgan fingerprint density at radius 2 is 1.98 bits per heavy atom. The van der Waals surface area contributed by atoms with Gasteiger partial charge < -0.3 is 46.0 Å². The largest absolute Gasteiger partial charge is 0.663 e. The molecule has 13 N–H and O–H groups in total. The topological polar surface area (TPSA) is 322 Å². The number of aliphatic hydroxyl groups is 1. The number of aliphatic hydroxyl groups excluding tert-OH is 1. The molecule has 7 rings (SSSR count). The van der Waals surface area contributed by atoms with Crippen LogP contribution >= 0.6 is 16.3 Å². The van der Waals surface area contributed by atoms with Crippen molar-refractivity contribution in [3.05, 3.63) is 51.7 Å². The highest BCUT2D eigenvalue weighted by molar-refractivity contribution is 7.55. The molecule has 3 aromatic heterocycles. The Hall–Kier alpha value is -4.57. The number of hydrogen-bond acceptors (Lipinski definition) is 21. The second kappa shape index (κ2) is 10.8. The Labute approximate surface area is 256 Å². The van der Waals surface area contributed by atoms with Crippen molar-refractivity contribution in [1.29, 1.82) is 0 Å². The molecule has 0 spiro atoms. The van der Waals surface area contributed by atoms with Crippen LogP contribution in [0, 0.1) is 0 Å². The number of H-pyrrole nitrogens is 1. The standard InChI is InChI=1S/C21H24N10O13P2/c1-23-15-9-16(25-4-24-15)30(5-26-9)19-12(33)13-8(42-19)3-40-46(37,38)44-14-11(32)7(2-39-45(35,36)43-13)41-20(14)31-6-27-10-17(31)28-21(22)29-18(10)34/h2,6,11,16,23-26,32,35-38H,3-5H2,1H3,(H2-2,22,28,29,33,34)/p+2/b7-2+/t11-,16?/m1/s1. The molecular formula is C21H26N10O13P2+2. The van der Waals surface area contributed by atoms with Gasteiger partial charge in [0.2, 0.25) is 17.6 Å². The first-order valence-electron chi connectivity index (χ1n) is 13.0. The molecule has 23 nitrogen and oxygen atoms in total. The SMILES string of the molecule is CNC1=C2NCN(c3oc4c(c3O)O[P+](O)(O)O/C=C3/OC(n5cnc6c(=O)[nH]c(N)nc65)=C(O[P+](O)(O)OC4)[C@@H]3O)C2NCN1. The van der Waals surface area contributed by atoms with Gasteiger partial charge in [-0.1, -0.05) is 0 Å². The minimum absolute atomic E-state index is 0.114. The summed E-state index contributed by atoms with van der Waals surface area (Å²) in [6, 6.07) is 0. The van der Waals surface area contributed by atoms with Crippen LogP contribution in [0.15, 0.2) is 44.8 Å². The summed E-state index contributed by atoms with van der Waals surface area (Å²) < 4.78 is 33.2. The number of anilines is 2. The van der Waals surface area contributed by atoms with Crippen molar-refractivity contribution >= 4 is 45.2 Å². The van der Waals surface area contributed by atoms with E-state index in [4.69, 9.17) is 33.0 Å². The minimum Gasteiger partial charge on any atom is -0.500 e. The zero-order valence-corrected chi connectivity index (χ0v) is 25.0. The van der Waals surface area contributed by atoms with Crippen molar-refractivity contribution in [2.24, 2.45) is 0 Å². The molecule has 0 aromatic carbocycles. The number of furan rings is 1. The highest BCUT2D eigenvalue weighted by Crippen LogP contribution is 2.61. The fourth-order valence-electron chi connectivity index (χ4n) is 4.96. The maximum absolute atomic E-state index is 12.3. The monoisotopic (exact) mass is 688 g/mol. The molecule has 0 amide bonds. The van der Waals surface area contributed by atoms with E-state index < -0.39 is 75.4 Å². The molecule has 246 valence electrons. The lowest BCUT2D eigenvalue weighted by atomic mass is 10.3. The lowest BCUT2D eigenvalue weighted by molar-refractivity contribution is 0.102. The molecule has 0 radical (unpaired) electrons.